The molecule has 0 aliphatic rings. The molecule has 4 nitrogen and oxygen atoms in total. The molecule has 0 bridgehead atoms. The smallest absolute Gasteiger partial charge is 0.112 e. The van der Waals surface area contributed by atoms with Crippen LogP contribution < -0.4 is 5.84 Å². The Hall–Kier alpha value is -1.33. The third-order valence-corrected chi connectivity index (χ3v) is 4.00. The van der Waals surface area contributed by atoms with Gasteiger partial charge < -0.3 is 10.6 Å². The molecule has 21 heavy (non-hydrogen) atoms. The van der Waals surface area contributed by atoms with Crippen LogP contribution >= 0.6 is 11.8 Å². The van der Waals surface area contributed by atoms with Gasteiger partial charge in [-0.25, -0.2) is 0 Å². The van der Waals surface area contributed by atoms with E-state index in [9.17, 15) is 0 Å². The van der Waals surface area contributed by atoms with Gasteiger partial charge in [0.15, 0.2) is 0 Å². The van der Waals surface area contributed by atoms with E-state index in [1.54, 1.807) is 18.8 Å². The predicted octanol–water partition coefficient (Wildman–Crippen LogP) is 2.97. The quantitative estimate of drug-likeness (QED) is 0.456. The van der Waals surface area contributed by atoms with Crippen molar-refractivity contribution in [2.45, 2.75) is 33.0 Å². The number of hydrogen-bond acceptors (Lipinski definition) is 5. The summed E-state index contributed by atoms with van der Waals surface area (Å²) in [6, 6.07) is 9.90. The van der Waals surface area contributed by atoms with Gasteiger partial charge >= 0.3 is 0 Å². The van der Waals surface area contributed by atoms with E-state index in [1.807, 2.05) is 30.3 Å². The average molecular weight is 307 g/mol. The van der Waals surface area contributed by atoms with E-state index in [-0.39, 0.29) is 12.2 Å². The minimum Gasteiger partial charge on any atom is -0.375 e. The van der Waals surface area contributed by atoms with E-state index < -0.39 is 0 Å². The highest BCUT2D eigenvalue weighted by molar-refractivity contribution is 8.00. The van der Waals surface area contributed by atoms with Gasteiger partial charge in [-0.2, -0.15) is 16.9 Å². The molecule has 5 heteroatoms. The van der Waals surface area contributed by atoms with Crippen molar-refractivity contribution in [2.24, 2.45) is 15.9 Å². The van der Waals surface area contributed by atoms with Gasteiger partial charge in [-0.1, -0.05) is 30.3 Å². The Balaban J connectivity index is 2.59. The van der Waals surface area contributed by atoms with Crippen LogP contribution in [0.2, 0.25) is 0 Å². The number of aliphatic imine (C=N–C) groups is 1. The SMILES string of the molecule is CN=C(CSCC(C)OC(C)C)/C(=N\N)c1ccccc1. The van der Waals surface area contributed by atoms with Crippen LogP contribution in [0, 0.1) is 0 Å². The van der Waals surface area contributed by atoms with E-state index in [0.29, 0.717) is 0 Å². The molecule has 0 saturated heterocycles. The molecule has 0 fully saturated rings. The first-order chi connectivity index (χ1) is 10.1. The number of rotatable bonds is 8. The first-order valence-electron chi connectivity index (χ1n) is 7.11. The highest BCUT2D eigenvalue weighted by atomic mass is 32.2. The van der Waals surface area contributed by atoms with Gasteiger partial charge in [-0.05, 0) is 20.8 Å². The summed E-state index contributed by atoms with van der Waals surface area (Å²) in [5.74, 6) is 7.24. The van der Waals surface area contributed by atoms with Crippen molar-refractivity contribution in [3.63, 3.8) is 0 Å². The van der Waals surface area contributed by atoms with Crippen molar-refractivity contribution in [3.05, 3.63) is 35.9 Å². The molecule has 0 spiro atoms. The van der Waals surface area contributed by atoms with Crippen LogP contribution in [-0.4, -0.2) is 42.2 Å². The van der Waals surface area contributed by atoms with Gasteiger partial charge in [0.25, 0.3) is 0 Å². The largest absolute Gasteiger partial charge is 0.375 e. The summed E-state index contributed by atoms with van der Waals surface area (Å²) in [5.41, 5.74) is 2.65. The summed E-state index contributed by atoms with van der Waals surface area (Å²) >= 11 is 1.78. The summed E-state index contributed by atoms with van der Waals surface area (Å²) in [6.07, 6.45) is 0.480. The molecule has 1 aromatic rings. The molecule has 1 rings (SSSR count). The summed E-state index contributed by atoms with van der Waals surface area (Å²) in [7, 11) is 1.78. The molecular formula is C16H25N3OS. The van der Waals surface area contributed by atoms with Gasteiger partial charge in [0.05, 0.1) is 17.9 Å². The van der Waals surface area contributed by atoms with Crippen LogP contribution in [0.4, 0.5) is 0 Å². The van der Waals surface area contributed by atoms with Gasteiger partial charge in [-0.15, -0.1) is 0 Å². The van der Waals surface area contributed by atoms with Crippen molar-refractivity contribution in [1.29, 1.82) is 0 Å². The lowest BCUT2D eigenvalue weighted by Crippen LogP contribution is -2.22. The Morgan fingerprint density at radius 1 is 1.24 bits per heavy atom. The van der Waals surface area contributed by atoms with Crippen LogP contribution in [0.3, 0.4) is 0 Å². The van der Waals surface area contributed by atoms with Crippen LogP contribution in [0.5, 0.6) is 0 Å². The molecule has 116 valence electrons. The third-order valence-electron chi connectivity index (χ3n) is 2.82. The van der Waals surface area contributed by atoms with E-state index in [0.717, 1.165) is 28.5 Å². The lowest BCUT2D eigenvalue weighted by molar-refractivity contribution is 0.0327. The number of thioether (sulfide) groups is 1. The van der Waals surface area contributed by atoms with Crippen molar-refractivity contribution in [1.82, 2.24) is 0 Å². The van der Waals surface area contributed by atoms with Gasteiger partial charge in [-0.3, -0.25) is 4.99 Å². The van der Waals surface area contributed by atoms with Crippen molar-refractivity contribution in [3.8, 4) is 0 Å². The first kappa shape index (κ1) is 17.7. The predicted molar refractivity (Wildman–Crippen MR) is 93.5 cm³/mol. The van der Waals surface area contributed by atoms with Crippen molar-refractivity contribution >= 4 is 23.2 Å². The van der Waals surface area contributed by atoms with E-state index >= 15 is 0 Å². The molecule has 0 saturated carbocycles. The average Bonchev–Trinajstić information content (AvgIpc) is 2.46. The maximum atomic E-state index is 5.72. The number of nitrogens with zero attached hydrogens (tertiary/aromatic N) is 2. The van der Waals surface area contributed by atoms with Crippen LogP contribution in [0.1, 0.15) is 26.3 Å². The second kappa shape index (κ2) is 9.58. The Morgan fingerprint density at radius 3 is 2.43 bits per heavy atom. The summed E-state index contributed by atoms with van der Waals surface area (Å²) in [5, 5.41) is 3.92. The van der Waals surface area contributed by atoms with Crippen molar-refractivity contribution in [2.75, 3.05) is 18.6 Å². The molecule has 0 heterocycles. The Bertz CT molecular complexity index is 472. The highest BCUT2D eigenvalue weighted by Crippen LogP contribution is 2.11. The van der Waals surface area contributed by atoms with Gasteiger partial charge in [0.2, 0.25) is 0 Å². The zero-order valence-electron chi connectivity index (χ0n) is 13.2. The Kier molecular flexibility index (Phi) is 8.08. The third kappa shape index (κ3) is 6.31. The molecule has 1 aromatic carbocycles. The van der Waals surface area contributed by atoms with Gasteiger partial charge in [0, 0.05) is 24.1 Å². The Morgan fingerprint density at radius 2 is 1.90 bits per heavy atom. The topological polar surface area (TPSA) is 60.0 Å². The second-order valence-electron chi connectivity index (χ2n) is 5.02. The molecule has 0 aliphatic heterocycles. The maximum Gasteiger partial charge on any atom is 0.112 e. The molecule has 1 unspecified atom stereocenters. The zero-order valence-corrected chi connectivity index (χ0v) is 14.1. The monoisotopic (exact) mass is 307 g/mol. The second-order valence-corrected chi connectivity index (χ2v) is 6.05. The zero-order chi connectivity index (χ0) is 15.7. The number of ether oxygens (including phenoxy) is 1. The maximum absolute atomic E-state index is 5.72. The number of benzene rings is 1. The van der Waals surface area contributed by atoms with E-state index in [2.05, 4.69) is 30.9 Å². The number of hydrazone groups is 1. The number of nitrogens with two attached hydrogens (primary N) is 1. The molecule has 0 aromatic heterocycles. The summed E-state index contributed by atoms with van der Waals surface area (Å²) < 4.78 is 5.72. The molecular weight excluding hydrogens is 282 g/mol. The summed E-state index contributed by atoms with van der Waals surface area (Å²) in [4.78, 5) is 4.34. The molecule has 2 N–H and O–H groups in total. The highest BCUT2D eigenvalue weighted by Gasteiger charge is 2.12. The fourth-order valence-electron chi connectivity index (χ4n) is 1.98. The minimum absolute atomic E-state index is 0.225. The number of hydrogen-bond donors (Lipinski definition) is 1. The van der Waals surface area contributed by atoms with Crippen LogP contribution in [0.25, 0.3) is 0 Å². The molecule has 0 aliphatic carbocycles. The summed E-state index contributed by atoms with van der Waals surface area (Å²) in [6.45, 7) is 6.19. The van der Waals surface area contributed by atoms with E-state index in [1.165, 1.54) is 0 Å². The Labute approximate surface area is 131 Å². The fraction of sp³-hybridized carbons (Fsp3) is 0.500. The minimum atomic E-state index is 0.225. The lowest BCUT2D eigenvalue weighted by atomic mass is 10.1. The molecule has 0 radical (unpaired) electrons. The standard InChI is InChI=1S/C16H25N3OS/c1-12(2)20-13(3)10-21-11-15(18-4)16(19-17)14-8-6-5-7-9-14/h5-9,12-13H,10-11,17H2,1-4H3/b18-15?,19-16-. The molecule has 0 amide bonds. The lowest BCUT2D eigenvalue weighted by Gasteiger charge is -2.16. The van der Waals surface area contributed by atoms with Crippen LogP contribution in [0.15, 0.2) is 40.4 Å². The molecule has 1 atom stereocenters. The normalized spacial score (nSPS) is 14.5. The fourth-order valence-corrected chi connectivity index (χ4v) is 2.96. The van der Waals surface area contributed by atoms with Crippen LogP contribution in [-0.2, 0) is 4.74 Å². The van der Waals surface area contributed by atoms with Gasteiger partial charge in [0.1, 0.15) is 5.71 Å². The van der Waals surface area contributed by atoms with Crippen molar-refractivity contribution < 1.29 is 4.74 Å². The van der Waals surface area contributed by atoms with E-state index in [4.69, 9.17) is 10.6 Å². The first-order valence-corrected chi connectivity index (χ1v) is 8.26.